The fraction of sp³-hybridized carbons (Fsp3) is 0.0714. The zero-order chi connectivity index (χ0) is 15.0. The summed E-state index contributed by atoms with van der Waals surface area (Å²) in [4.78, 5) is 11.3. The normalized spacial score (nSPS) is 13.1. The number of nitrogens with two attached hydrogens (primary N) is 1. The standard InChI is InChI=1S/C14H11ClFN3O2/c15-8-3-7(16)1-2-10(8)18-11-5-12-13(4-9(11)17)21-6-14(20)19-12/h1-5,18H,6,17H2,(H,19,20). The zero-order valence-corrected chi connectivity index (χ0v) is 11.5. The summed E-state index contributed by atoms with van der Waals surface area (Å²) >= 11 is 5.96. The summed E-state index contributed by atoms with van der Waals surface area (Å²) in [5, 5.41) is 5.92. The number of amides is 1. The SMILES string of the molecule is Nc1cc2c(cc1Nc1ccc(F)cc1Cl)NC(=O)CO2. The second kappa shape index (κ2) is 5.14. The predicted octanol–water partition coefficient (Wildman–Crippen LogP) is 3.14. The van der Waals surface area contributed by atoms with Crippen LogP contribution in [0, 0.1) is 5.82 Å². The van der Waals surface area contributed by atoms with Crippen LogP contribution in [0.4, 0.5) is 27.1 Å². The predicted molar refractivity (Wildman–Crippen MR) is 79.7 cm³/mol. The van der Waals surface area contributed by atoms with E-state index in [1.807, 2.05) is 0 Å². The van der Waals surface area contributed by atoms with E-state index in [9.17, 15) is 9.18 Å². The van der Waals surface area contributed by atoms with Crippen molar-refractivity contribution < 1.29 is 13.9 Å². The number of nitrogens with one attached hydrogen (secondary N) is 2. The summed E-state index contributed by atoms with van der Waals surface area (Å²) in [5.74, 6) is -0.162. The first kappa shape index (κ1) is 13.5. The molecule has 0 aromatic heterocycles. The molecular weight excluding hydrogens is 297 g/mol. The van der Waals surface area contributed by atoms with Crippen molar-refractivity contribution >= 4 is 40.3 Å². The quantitative estimate of drug-likeness (QED) is 0.745. The Balaban J connectivity index is 1.95. The smallest absolute Gasteiger partial charge is 0.262 e. The van der Waals surface area contributed by atoms with Crippen LogP contribution in [0.25, 0.3) is 0 Å². The number of ether oxygens (including phenoxy) is 1. The van der Waals surface area contributed by atoms with Crippen molar-refractivity contribution in [3.8, 4) is 5.75 Å². The fourth-order valence-electron chi connectivity index (χ4n) is 1.99. The Morgan fingerprint density at radius 1 is 1.29 bits per heavy atom. The van der Waals surface area contributed by atoms with Crippen LogP contribution < -0.4 is 21.1 Å². The Morgan fingerprint density at radius 2 is 2.10 bits per heavy atom. The second-order valence-electron chi connectivity index (χ2n) is 4.52. The summed E-state index contributed by atoms with van der Waals surface area (Å²) < 4.78 is 18.3. The molecule has 0 aliphatic carbocycles. The van der Waals surface area contributed by atoms with E-state index in [0.717, 1.165) is 0 Å². The highest BCUT2D eigenvalue weighted by Gasteiger charge is 2.18. The number of carbonyl (C=O) groups is 1. The molecule has 0 saturated heterocycles. The van der Waals surface area contributed by atoms with Crippen molar-refractivity contribution in [1.82, 2.24) is 0 Å². The highest BCUT2D eigenvalue weighted by molar-refractivity contribution is 6.33. The van der Waals surface area contributed by atoms with Gasteiger partial charge in [0.2, 0.25) is 0 Å². The minimum absolute atomic E-state index is 0.0387. The Bertz CT molecular complexity index is 736. The van der Waals surface area contributed by atoms with Gasteiger partial charge in [-0.3, -0.25) is 4.79 Å². The second-order valence-corrected chi connectivity index (χ2v) is 4.93. The van der Waals surface area contributed by atoms with Crippen molar-refractivity contribution in [2.75, 3.05) is 23.0 Å². The summed E-state index contributed by atoms with van der Waals surface area (Å²) in [6.07, 6.45) is 0. The molecule has 0 radical (unpaired) electrons. The van der Waals surface area contributed by atoms with Gasteiger partial charge in [0.15, 0.2) is 6.61 Å². The molecule has 0 atom stereocenters. The molecule has 0 spiro atoms. The molecule has 4 N–H and O–H groups in total. The summed E-state index contributed by atoms with van der Waals surface area (Å²) in [7, 11) is 0. The van der Waals surface area contributed by atoms with Gasteiger partial charge >= 0.3 is 0 Å². The number of nitrogen functional groups attached to an aromatic ring is 1. The number of anilines is 4. The third-order valence-corrected chi connectivity index (χ3v) is 3.30. The van der Waals surface area contributed by atoms with Gasteiger partial charge in [-0.1, -0.05) is 11.6 Å². The lowest BCUT2D eigenvalue weighted by molar-refractivity contribution is -0.118. The van der Waals surface area contributed by atoms with Gasteiger partial charge in [0, 0.05) is 6.07 Å². The average molecular weight is 308 g/mol. The minimum atomic E-state index is -0.426. The highest BCUT2D eigenvalue weighted by atomic mass is 35.5. The van der Waals surface area contributed by atoms with Gasteiger partial charge in [0.05, 0.1) is 27.8 Å². The molecule has 0 unspecified atom stereocenters. The largest absolute Gasteiger partial charge is 0.482 e. The van der Waals surface area contributed by atoms with E-state index in [-0.39, 0.29) is 17.5 Å². The van der Waals surface area contributed by atoms with Crippen molar-refractivity contribution in [2.45, 2.75) is 0 Å². The third kappa shape index (κ3) is 2.71. The van der Waals surface area contributed by atoms with Crippen LogP contribution in [0.2, 0.25) is 5.02 Å². The molecule has 1 aliphatic heterocycles. The van der Waals surface area contributed by atoms with E-state index in [2.05, 4.69) is 10.6 Å². The summed E-state index contributed by atoms with van der Waals surface area (Å²) in [6, 6.07) is 7.23. The van der Waals surface area contributed by atoms with Gasteiger partial charge in [-0.15, -0.1) is 0 Å². The zero-order valence-electron chi connectivity index (χ0n) is 10.7. The van der Waals surface area contributed by atoms with E-state index < -0.39 is 5.82 Å². The van der Waals surface area contributed by atoms with Crippen LogP contribution in [0.15, 0.2) is 30.3 Å². The first-order valence-electron chi connectivity index (χ1n) is 6.11. The first-order chi connectivity index (χ1) is 10.0. The van der Waals surface area contributed by atoms with E-state index in [4.69, 9.17) is 22.1 Å². The molecule has 1 aliphatic rings. The Morgan fingerprint density at radius 3 is 2.86 bits per heavy atom. The molecular formula is C14H11ClFN3O2. The molecule has 108 valence electrons. The van der Waals surface area contributed by atoms with Gasteiger partial charge < -0.3 is 21.1 Å². The number of hydrogen-bond acceptors (Lipinski definition) is 4. The third-order valence-electron chi connectivity index (χ3n) is 2.99. The van der Waals surface area contributed by atoms with Crippen molar-refractivity contribution in [3.05, 3.63) is 41.2 Å². The number of fused-ring (bicyclic) bond motifs is 1. The lowest BCUT2D eigenvalue weighted by Crippen LogP contribution is -2.25. The Labute approximate surface area is 124 Å². The first-order valence-corrected chi connectivity index (χ1v) is 6.49. The number of hydrogen-bond donors (Lipinski definition) is 3. The Kier molecular flexibility index (Phi) is 3.31. The van der Waals surface area contributed by atoms with Crippen molar-refractivity contribution in [1.29, 1.82) is 0 Å². The topological polar surface area (TPSA) is 76.4 Å². The molecule has 0 fully saturated rings. The molecule has 1 heterocycles. The number of carbonyl (C=O) groups excluding carboxylic acids is 1. The van der Waals surface area contributed by atoms with Crippen molar-refractivity contribution in [2.24, 2.45) is 0 Å². The maximum atomic E-state index is 13.0. The summed E-state index contributed by atoms with van der Waals surface area (Å²) in [5.41, 5.74) is 7.91. The minimum Gasteiger partial charge on any atom is -0.482 e. The van der Waals surface area contributed by atoms with Crippen LogP contribution in [0.1, 0.15) is 0 Å². The van der Waals surface area contributed by atoms with Crippen LogP contribution in [0.3, 0.4) is 0 Å². The van der Waals surface area contributed by atoms with Gasteiger partial charge in [0.1, 0.15) is 11.6 Å². The van der Waals surface area contributed by atoms with E-state index >= 15 is 0 Å². The van der Waals surface area contributed by atoms with E-state index in [1.165, 1.54) is 18.2 Å². The lowest BCUT2D eigenvalue weighted by atomic mass is 10.2. The molecule has 5 nitrogen and oxygen atoms in total. The monoisotopic (exact) mass is 307 g/mol. The molecule has 3 rings (SSSR count). The molecule has 0 bridgehead atoms. The maximum Gasteiger partial charge on any atom is 0.262 e. The number of benzene rings is 2. The maximum absolute atomic E-state index is 13.0. The van der Waals surface area contributed by atoms with Crippen LogP contribution in [0.5, 0.6) is 5.75 Å². The molecule has 1 amide bonds. The molecule has 21 heavy (non-hydrogen) atoms. The average Bonchev–Trinajstić information content (AvgIpc) is 2.43. The number of rotatable bonds is 2. The van der Waals surface area contributed by atoms with Crippen LogP contribution in [-0.2, 0) is 4.79 Å². The molecule has 7 heteroatoms. The lowest BCUT2D eigenvalue weighted by Gasteiger charge is -2.20. The van der Waals surface area contributed by atoms with E-state index in [1.54, 1.807) is 12.1 Å². The fourth-order valence-corrected chi connectivity index (χ4v) is 2.20. The van der Waals surface area contributed by atoms with Gasteiger partial charge in [-0.2, -0.15) is 0 Å². The van der Waals surface area contributed by atoms with Crippen molar-refractivity contribution in [3.63, 3.8) is 0 Å². The molecule has 0 saturated carbocycles. The van der Waals surface area contributed by atoms with Gasteiger partial charge in [-0.25, -0.2) is 4.39 Å². The van der Waals surface area contributed by atoms with Gasteiger partial charge in [-0.05, 0) is 24.3 Å². The van der Waals surface area contributed by atoms with Gasteiger partial charge in [0.25, 0.3) is 5.91 Å². The Hall–Kier alpha value is -2.47. The molecule has 2 aromatic carbocycles. The van der Waals surface area contributed by atoms with Crippen LogP contribution >= 0.6 is 11.6 Å². The van der Waals surface area contributed by atoms with E-state index in [0.29, 0.717) is 28.5 Å². The highest BCUT2D eigenvalue weighted by Crippen LogP contribution is 2.37. The van der Waals surface area contributed by atoms with Crippen LogP contribution in [-0.4, -0.2) is 12.5 Å². The number of halogens is 2. The molecule has 2 aromatic rings. The summed E-state index contributed by atoms with van der Waals surface area (Å²) in [6.45, 7) is -0.0387.